The van der Waals surface area contributed by atoms with E-state index in [9.17, 15) is 9.59 Å². The molecule has 0 bridgehead atoms. The van der Waals surface area contributed by atoms with Gasteiger partial charge in [0.1, 0.15) is 11.5 Å². The van der Waals surface area contributed by atoms with E-state index < -0.39 is 0 Å². The summed E-state index contributed by atoms with van der Waals surface area (Å²) in [6, 6.07) is 10.9. The Labute approximate surface area is 186 Å². The molecule has 0 saturated heterocycles. The molecule has 2 amide bonds. The molecule has 7 heteroatoms. The number of methoxy groups -OCH3 is 2. The summed E-state index contributed by atoms with van der Waals surface area (Å²) in [6.07, 6.45) is 3.98. The molecule has 3 aromatic rings. The Balaban J connectivity index is 1.40. The second kappa shape index (κ2) is 8.22. The fraction of sp³-hybridized carbons (Fsp3) is 0.360. The topological polar surface area (TPSA) is 83.7 Å². The second-order valence-electron chi connectivity index (χ2n) is 8.50. The summed E-state index contributed by atoms with van der Waals surface area (Å²) in [5, 5.41) is 3.93. The third kappa shape index (κ3) is 3.57. The van der Waals surface area contributed by atoms with Crippen LogP contribution in [0.25, 0.3) is 10.9 Å². The molecular formula is C25H27N3O4. The summed E-state index contributed by atoms with van der Waals surface area (Å²) in [5.41, 5.74) is 4.40. The molecule has 1 aromatic heterocycles. The Morgan fingerprint density at radius 3 is 2.66 bits per heavy atom. The Kier molecular flexibility index (Phi) is 5.25. The van der Waals surface area contributed by atoms with E-state index in [0.717, 1.165) is 54.4 Å². The van der Waals surface area contributed by atoms with Crippen molar-refractivity contribution >= 4 is 28.4 Å². The normalized spacial score (nSPS) is 15.8. The van der Waals surface area contributed by atoms with Crippen molar-refractivity contribution in [3.63, 3.8) is 0 Å². The zero-order valence-corrected chi connectivity index (χ0v) is 18.4. The largest absolute Gasteiger partial charge is 0.497 e. The monoisotopic (exact) mass is 433 g/mol. The standard InChI is InChI=1S/C25H27N3O4/c1-31-17-7-9-22(23(13-17)32-2)27-24(29)16-6-8-20-18(12-16)19-14-28(11-10-21(19)26-20)25(30)15-4-3-5-15/h6-9,12-13,15,26H,3-5,10-11,14H2,1-2H3,(H,27,29). The van der Waals surface area contributed by atoms with E-state index in [-0.39, 0.29) is 17.7 Å². The van der Waals surface area contributed by atoms with Crippen LogP contribution in [-0.2, 0) is 17.8 Å². The average molecular weight is 434 g/mol. The molecule has 1 aliphatic heterocycles. The van der Waals surface area contributed by atoms with Crippen LogP contribution in [0.3, 0.4) is 0 Å². The number of nitrogens with zero attached hydrogens (tertiary/aromatic N) is 1. The molecule has 0 unspecified atom stereocenters. The lowest BCUT2D eigenvalue weighted by Crippen LogP contribution is -2.41. The number of nitrogens with one attached hydrogen (secondary N) is 2. The fourth-order valence-electron chi connectivity index (χ4n) is 4.55. The van der Waals surface area contributed by atoms with Crippen LogP contribution in [0.4, 0.5) is 5.69 Å². The van der Waals surface area contributed by atoms with Gasteiger partial charge in [-0.2, -0.15) is 0 Å². The SMILES string of the molecule is COc1ccc(NC(=O)c2ccc3[nH]c4c(c3c2)CN(C(=O)C2CCC2)CC4)c(OC)c1. The maximum Gasteiger partial charge on any atom is 0.255 e. The van der Waals surface area contributed by atoms with Gasteiger partial charge in [-0.05, 0) is 43.2 Å². The predicted molar refractivity (Wildman–Crippen MR) is 122 cm³/mol. The van der Waals surface area contributed by atoms with Gasteiger partial charge in [0.2, 0.25) is 5.91 Å². The molecule has 1 aliphatic carbocycles. The minimum absolute atomic E-state index is 0.197. The third-order valence-corrected chi connectivity index (χ3v) is 6.66. The number of hydrogen-bond acceptors (Lipinski definition) is 4. The number of carbonyl (C=O) groups excluding carboxylic acids is 2. The highest BCUT2D eigenvalue weighted by Crippen LogP contribution is 2.34. The Morgan fingerprint density at radius 2 is 1.94 bits per heavy atom. The van der Waals surface area contributed by atoms with Gasteiger partial charge in [-0.1, -0.05) is 6.42 Å². The first kappa shape index (κ1) is 20.4. The predicted octanol–water partition coefficient (Wildman–Crippen LogP) is 4.12. The van der Waals surface area contributed by atoms with Crippen molar-refractivity contribution in [3.8, 4) is 11.5 Å². The number of carbonyl (C=O) groups is 2. The highest BCUT2D eigenvalue weighted by atomic mass is 16.5. The number of aromatic amines is 1. The molecule has 2 aliphatic rings. The molecule has 32 heavy (non-hydrogen) atoms. The lowest BCUT2D eigenvalue weighted by atomic mass is 9.84. The first-order valence-corrected chi connectivity index (χ1v) is 11.0. The molecule has 0 atom stereocenters. The van der Waals surface area contributed by atoms with Crippen LogP contribution < -0.4 is 14.8 Å². The molecule has 1 saturated carbocycles. The minimum Gasteiger partial charge on any atom is -0.497 e. The van der Waals surface area contributed by atoms with Crippen LogP contribution in [0.5, 0.6) is 11.5 Å². The van der Waals surface area contributed by atoms with Crippen molar-refractivity contribution in [1.29, 1.82) is 0 Å². The Morgan fingerprint density at radius 1 is 1.09 bits per heavy atom. The van der Waals surface area contributed by atoms with Crippen LogP contribution in [0.15, 0.2) is 36.4 Å². The number of aromatic nitrogens is 1. The molecule has 5 rings (SSSR count). The summed E-state index contributed by atoms with van der Waals surface area (Å²) in [7, 11) is 3.14. The lowest BCUT2D eigenvalue weighted by Gasteiger charge is -2.34. The number of fused-ring (bicyclic) bond motifs is 3. The van der Waals surface area contributed by atoms with Crippen LogP contribution in [-0.4, -0.2) is 42.5 Å². The number of anilines is 1. The zero-order chi connectivity index (χ0) is 22.2. The smallest absolute Gasteiger partial charge is 0.255 e. The Bertz CT molecular complexity index is 1200. The molecule has 2 N–H and O–H groups in total. The van der Waals surface area contributed by atoms with Gasteiger partial charge in [0.05, 0.1) is 19.9 Å². The van der Waals surface area contributed by atoms with Crippen LogP contribution in [0.2, 0.25) is 0 Å². The summed E-state index contributed by atoms with van der Waals surface area (Å²) >= 11 is 0. The van der Waals surface area contributed by atoms with Gasteiger partial charge < -0.3 is 24.7 Å². The van der Waals surface area contributed by atoms with Crippen LogP contribution in [0, 0.1) is 5.92 Å². The molecule has 2 aromatic carbocycles. The van der Waals surface area contributed by atoms with E-state index in [0.29, 0.717) is 29.3 Å². The van der Waals surface area contributed by atoms with Gasteiger partial charge in [-0.15, -0.1) is 0 Å². The fourth-order valence-corrected chi connectivity index (χ4v) is 4.55. The average Bonchev–Trinajstić information content (AvgIpc) is 3.15. The summed E-state index contributed by atoms with van der Waals surface area (Å²) in [4.78, 5) is 31.2. The van der Waals surface area contributed by atoms with Gasteiger partial charge >= 0.3 is 0 Å². The van der Waals surface area contributed by atoms with Crippen molar-refractivity contribution in [1.82, 2.24) is 9.88 Å². The maximum absolute atomic E-state index is 13.0. The summed E-state index contributed by atoms with van der Waals surface area (Å²) < 4.78 is 10.6. The molecule has 2 heterocycles. The number of ether oxygens (including phenoxy) is 2. The van der Waals surface area contributed by atoms with Crippen molar-refractivity contribution in [2.75, 3.05) is 26.1 Å². The quantitative estimate of drug-likeness (QED) is 0.634. The van der Waals surface area contributed by atoms with Gasteiger partial charge in [0.25, 0.3) is 5.91 Å². The van der Waals surface area contributed by atoms with Gasteiger partial charge in [-0.25, -0.2) is 0 Å². The van der Waals surface area contributed by atoms with E-state index >= 15 is 0 Å². The molecule has 1 fully saturated rings. The second-order valence-corrected chi connectivity index (χ2v) is 8.50. The molecule has 0 radical (unpaired) electrons. The van der Waals surface area contributed by atoms with E-state index in [1.807, 2.05) is 23.1 Å². The summed E-state index contributed by atoms with van der Waals surface area (Å²) in [5.74, 6) is 1.44. The van der Waals surface area contributed by atoms with Crippen LogP contribution in [0.1, 0.15) is 40.9 Å². The molecular weight excluding hydrogens is 406 g/mol. The first-order valence-electron chi connectivity index (χ1n) is 11.0. The zero-order valence-electron chi connectivity index (χ0n) is 18.4. The third-order valence-electron chi connectivity index (χ3n) is 6.66. The van der Waals surface area contributed by atoms with E-state index in [4.69, 9.17) is 9.47 Å². The number of rotatable bonds is 5. The van der Waals surface area contributed by atoms with Crippen molar-refractivity contribution < 1.29 is 19.1 Å². The number of amides is 2. The molecule has 7 nitrogen and oxygen atoms in total. The highest BCUT2D eigenvalue weighted by molar-refractivity contribution is 6.07. The van der Waals surface area contributed by atoms with Crippen molar-refractivity contribution in [2.45, 2.75) is 32.2 Å². The highest BCUT2D eigenvalue weighted by Gasteiger charge is 2.32. The maximum atomic E-state index is 13.0. The lowest BCUT2D eigenvalue weighted by molar-refractivity contribution is -0.139. The van der Waals surface area contributed by atoms with Crippen molar-refractivity contribution in [3.05, 3.63) is 53.2 Å². The van der Waals surface area contributed by atoms with E-state index in [1.54, 1.807) is 32.4 Å². The first-order chi connectivity index (χ1) is 15.6. The summed E-state index contributed by atoms with van der Waals surface area (Å²) in [6.45, 7) is 1.35. The van der Waals surface area contributed by atoms with Crippen molar-refractivity contribution in [2.24, 2.45) is 5.92 Å². The molecule has 0 spiro atoms. The molecule has 166 valence electrons. The van der Waals surface area contributed by atoms with Gasteiger partial charge in [0.15, 0.2) is 0 Å². The number of hydrogen-bond donors (Lipinski definition) is 2. The number of H-pyrrole nitrogens is 1. The number of benzene rings is 2. The van der Waals surface area contributed by atoms with Gasteiger partial charge in [0, 0.05) is 59.2 Å². The van der Waals surface area contributed by atoms with E-state index in [1.165, 1.54) is 0 Å². The van der Waals surface area contributed by atoms with E-state index in [2.05, 4.69) is 10.3 Å². The van der Waals surface area contributed by atoms with Gasteiger partial charge in [-0.3, -0.25) is 9.59 Å². The Hall–Kier alpha value is -3.48. The minimum atomic E-state index is -0.219. The van der Waals surface area contributed by atoms with Crippen LogP contribution >= 0.6 is 0 Å².